The number of nitrogens with one attached hydrogen (secondary N) is 1. The predicted octanol–water partition coefficient (Wildman–Crippen LogP) is 2.25. The number of carbonyl (C=O) groups excluding carboxylic acids is 1. The molecule has 0 saturated carbocycles. The van der Waals surface area contributed by atoms with Crippen LogP contribution in [0.2, 0.25) is 0 Å². The van der Waals surface area contributed by atoms with Crippen LogP contribution in [-0.2, 0) is 14.6 Å². The number of ether oxygens (including phenoxy) is 1. The molecule has 0 aliphatic carbocycles. The molecule has 2 aromatic carbocycles. The van der Waals surface area contributed by atoms with E-state index in [1.54, 1.807) is 6.07 Å². The zero-order valence-corrected chi connectivity index (χ0v) is 12.6. The van der Waals surface area contributed by atoms with Crippen LogP contribution in [0.25, 0.3) is 0 Å². The topological polar surface area (TPSA) is 72.5 Å². The van der Waals surface area contributed by atoms with Crippen LogP contribution in [-0.4, -0.2) is 27.2 Å². The average molecular weight is 323 g/mol. The molecule has 0 radical (unpaired) electrons. The summed E-state index contributed by atoms with van der Waals surface area (Å²) >= 11 is 0. The number of halogens is 1. The molecule has 22 heavy (non-hydrogen) atoms. The maximum absolute atomic E-state index is 12.7. The van der Waals surface area contributed by atoms with Crippen molar-refractivity contribution in [2.24, 2.45) is 0 Å². The number of hydrogen-bond donors (Lipinski definition) is 1. The van der Waals surface area contributed by atoms with E-state index >= 15 is 0 Å². The minimum Gasteiger partial charge on any atom is -0.484 e. The second-order valence-electron chi connectivity index (χ2n) is 4.59. The lowest BCUT2D eigenvalue weighted by Gasteiger charge is -2.08. The van der Waals surface area contributed by atoms with Gasteiger partial charge in [0.15, 0.2) is 16.4 Å². The Morgan fingerprint density at radius 2 is 1.86 bits per heavy atom. The first-order chi connectivity index (χ1) is 10.3. The Hall–Kier alpha value is -2.41. The van der Waals surface area contributed by atoms with E-state index in [-0.39, 0.29) is 11.5 Å². The van der Waals surface area contributed by atoms with Crippen molar-refractivity contribution in [3.8, 4) is 5.75 Å². The molecule has 0 aromatic heterocycles. The second kappa shape index (κ2) is 6.57. The van der Waals surface area contributed by atoms with Gasteiger partial charge >= 0.3 is 0 Å². The van der Waals surface area contributed by atoms with Gasteiger partial charge in [-0.05, 0) is 42.5 Å². The maximum atomic E-state index is 12.7. The smallest absolute Gasteiger partial charge is 0.262 e. The van der Waals surface area contributed by atoms with Gasteiger partial charge < -0.3 is 10.1 Å². The minimum absolute atomic E-state index is 0.116. The third kappa shape index (κ3) is 4.56. The Kier molecular flexibility index (Phi) is 4.77. The normalized spacial score (nSPS) is 11.0. The molecule has 0 spiro atoms. The second-order valence-corrected chi connectivity index (χ2v) is 6.61. The Bertz CT molecular complexity index is 772. The lowest BCUT2D eigenvalue weighted by molar-refractivity contribution is -0.118. The van der Waals surface area contributed by atoms with Crippen LogP contribution in [0, 0.1) is 5.82 Å². The van der Waals surface area contributed by atoms with Crippen molar-refractivity contribution in [3.05, 3.63) is 54.3 Å². The van der Waals surface area contributed by atoms with E-state index < -0.39 is 21.6 Å². The zero-order valence-electron chi connectivity index (χ0n) is 11.7. The molecule has 1 amide bonds. The first kappa shape index (κ1) is 16.0. The van der Waals surface area contributed by atoms with Crippen molar-refractivity contribution in [3.63, 3.8) is 0 Å². The van der Waals surface area contributed by atoms with Gasteiger partial charge in [0.05, 0.1) is 4.90 Å². The summed E-state index contributed by atoms with van der Waals surface area (Å²) in [4.78, 5) is 11.9. The predicted molar refractivity (Wildman–Crippen MR) is 80.1 cm³/mol. The summed E-state index contributed by atoms with van der Waals surface area (Å²) in [6, 6.07) is 11.2. The van der Waals surface area contributed by atoms with Crippen molar-refractivity contribution >= 4 is 21.4 Å². The number of anilines is 1. The number of rotatable bonds is 5. The molecule has 0 atom stereocenters. The van der Waals surface area contributed by atoms with Crippen molar-refractivity contribution in [2.45, 2.75) is 4.90 Å². The maximum Gasteiger partial charge on any atom is 0.262 e. The number of amides is 1. The van der Waals surface area contributed by atoms with Crippen molar-refractivity contribution in [1.29, 1.82) is 0 Å². The van der Waals surface area contributed by atoms with Crippen LogP contribution in [0.3, 0.4) is 0 Å². The van der Waals surface area contributed by atoms with E-state index in [2.05, 4.69) is 5.32 Å². The summed E-state index contributed by atoms with van der Waals surface area (Å²) in [7, 11) is -3.34. The van der Waals surface area contributed by atoms with Gasteiger partial charge in [-0.3, -0.25) is 4.79 Å². The van der Waals surface area contributed by atoms with Gasteiger partial charge in [-0.1, -0.05) is 6.07 Å². The third-order valence-corrected chi connectivity index (χ3v) is 3.84. The van der Waals surface area contributed by atoms with Gasteiger partial charge in [-0.2, -0.15) is 0 Å². The highest BCUT2D eigenvalue weighted by Crippen LogP contribution is 2.15. The molecule has 7 heteroatoms. The Morgan fingerprint density at radius 1 is 1.18 bits per heavy atom. The van der Waals surface area contributed by atoms with Gasteiger partial charge in [0.2, 0.25) is 0 Å². The third-order valence-electron chi connectivity index (χ3n) is 2.73. The van der Waals surface area contributed by atoms with Gasteiger partial charge in [0.1, 0.15) is 11.6 Å². The van der Waals surface area contributed by atoms with Crippen LogP contribution in [0.1, 0.15) is 0 Å². The summed E-state index contributed by atoms with van der Waals surface area (Å²) in [6.45, 7) is -0.269. The van der Waals surface area contributed by atoms with Gasteiger partial charge in [-0.15, -0.1) is 0 Å². The van der Waals surface area contributed by atoms with E-state index in [0.29, 0.717) is 11.4 Å². The minimum atomic E-state index is -3.34. The van der Waals surface area contributed by atoms with Crippen molar-refractivity contribution in [1.82, 2.24) is 0 Å². The van der Waals surface area contributed by atoms with E-state index in [0.717, 1.165) is 6.26 Å². The van der Waals surface area contributed by atoms with E-state index in [1.807, 2.05) is 0 Å². The standard InChI is InChI=1S/C15H14FNO4S/c1-22(19,20)14-4-2-3-12(9-14)17-15(18)10-21-13-7-5-11(16)6-8-13/h2-9H,10H2,1H3,(H,17,18). The highest BCUT2D eigenvalue weighted by molar-refractivity contribution is 7.90. The molecule has 0 unspecified atom stereocenters. The Labute approximate surface area is 127 Å². The van der Waals surface area contributed by atoms with Crippen LogP contribution < -0.4 is 10.1 Å². The summed E-state index contributed by atoms with van der Waals surface area (Å²) in [5.41, 5.74) is 0.357. The van der Waals surface area contributed by atoms with Crippen LogP contribution in [0.5, 0.6) is 5.75 Å². The highest BCUT2D eigenvalue weighted by Gasteiger charge is 2.09. The number of hydrogen-bond acceptors (Lipinski definition) is 4. The van der Waals surface area contributed by atoms with E-state index in [1.165, 1.54) is 42.5 Å². The Morgan fingerprint density at radius 3 is 2.50 bits per heavy atom. The molecule has 1 N–H and O–H groups in total. The van der Waals surface area contributed by atoms with E-state index in [4.69, 9.17) is 4.74 Å². The molecule has 0 aliphatic heterocycles. The molecule has 0 aliphatic rings. The SMILES string of the molecule is CS(=O)(=O)c1cccc(NC(=O)COc2ccc(F)cc2)c1. The highest BCUT2D eigenvalue weighted by atomic mass is 32.2. The summed E-state index contributed by atoms with van der Waals surface area (Å²) in [5, 5.41) is 2.53. The zero-order chi connectivity index (χ0) is 16.2. The quantitative estimate of drug-likeness (QED) is 0.916. The van der Waals surface area contributed by atoms with Crippen LogP contribution >= 0.6 is 0 Å². The lowest BCUT2D eigenvalue weighted by atomic mass is 10.3. The molecule has 0 fully saturated rings. The van der Waals surface area contributed by atoms with Gasteiger partial charge in [0.25, 0.3) is 5.91 Å². The van der Waals surface area contributed by atoms with E-state index in [9.17, 15) is 17.6 Å². The van der Waals surface area contributed by atoms with Gasteiger partial charge in [0, 0.05) is 11.9 Å². The molecule has 0 heterocycles. The fourth-order valence-corrected chi connectivity index (χ4v) is 2.35. The molecule has 0 bridgehead atoms. The molecule has 116 valence electrons. The fraction of sp³-hybridized carbons (Fsp3) is 0.133. The first-order valence-corrected chi connectivity index (χ1v) is 8.22. The lowest BCUT2D eigenvalue weighted by Crippen LogP contribution is -2.20. The molecule has 2 rings (SSSR count). The number of benzene rings is 2. The van der Waals surface area contributed by atoms with Crippen LogP contribution in [0.15, 0.2) is 53.4 Å². The summed E-state index contributed by atoms with van der Waals surface area (Å²) in [5.74, 6) is -0.481. The van der Waals surface area contributed by atoms with Crippen LogP contribution in [0.4, 0.5) is 10.1 Å². The molecule has 5 nitrogen and oxygen atoms in total. The largest absolute Gasteiger partial charge is 0.484 e. The number of sulfone groups is 1. The number of carbonyl (C=O) groups is 1. The first-order valence-electron chi connectivity index (χ1n) is 6.33. The molecular formula is C15H14FNO4S. The monoisotopic (exact) mass is 323 g/mol. The Balaban J connectivity index is 1.96. The van der Waals surface area contributed by atoms with Crippen molar-refractivity contribution < 1.29 is 22.3 Å². The molecule has 0 saturated heterocycles. The van der Waals surface area contributed by atoms with Gasteiger partial charge in [-0.25, -0.2) is 12.8 Å². The molecular weight excluding hydrogens is 309 g/mol. The molecule has 2 aromatic rings. The van der Waals surface area contributed by atoms with Crippen molar-refractivity contribution in [2.75, 3.05) is 18.2 Å². The summed E-state index contributed by atoms with van der Waals surface area (Å²) < 4.78 is 40.8. The summed E-state index contributed by atoms with van der Waals surface area (Å²) in [6.07, 6.45) is 1.09. The fourth-order valence-electron chi connectivity index (χ4n) is 1.68. The average Bonchev–Trinajstić information content (AvgIpc) is 2.46.